The van der Waals surface area contributed by atoms with Gasteiger partial charge in [0.1, 0.15) is 6.54 Å². The maximum Gasteiger partial charge on any atom is 0.312 e. The molecule has 6 heteroatoms. The molecule has 0 N–H and O–H groups in total. The molecule has 13 heavy (non-hydrogen) atoms. The Morgan fingerprint density at radius 1 is 1.69 bits per heavy atom. The highest BCUT2D eigenvalue weighted by Gasteiger charge is 2.33. The van der Waals surface area contributed by atoms with Crippen LogP contribution in [-0.2, 0) is 0 Å². The molecular formula is C7H10N4O2. The van der Waals surface area contributed by atoms with E-state index >= 15 is 0 Å². The number of hydrogen-bond acceptors (Lipinski definition) is 5. The monoisotopic (exact) mass is 182 g/mol. The molecule has 0 bridgehead atoms. The lowest BCUT2D eigenvalue weighted by Gasteiger charge is -2.32. The molecular weight excluding hydrogens is 172 g/mol. The topological polar surface area (TPSA) is 73.4 Å². The molecule has 1 atom stereocenters. The van der Waals surface area contributed by atoms with E-state index < -0.39 is 11.1 Å². The maximum atomic E-state index is 10.5. The summed E-state index contributed by atoms with van der Waals surface area (Å²) in [4.78, 5) is 13.0. The number of nitriles is 1. The van der Waals surface area contributed by atoms with Crippen molar-refractivity contribution >= 4 is 0 Å². The first kappa shape index (κ1) is 9.32. The Hall–Kier alpha value is -1.77. The van der Waals surface area contributed by atoms with E-state index in [0.717, 1.165) is 0 Å². The smallest absolute Gasteiger partial charge is 0.312 e. The predicted octanol–water partition coefficient (Wildman–Crippen LogP) is -0.169. The molecule has 0 amide bonds. The van der Waals surface area contributed by atoms with Crippen molar-refractivity contribution in [3.05, 3.63) is 22.9 Å². The predicted molar refractivity (Wildman–Crippen MR) is 44.9 cm³/mol. The summed E-state index contributed by atoms with van der Waals surface area (Å²) in [6, 6.07) is 0. The fourth-order valence-corrected chi connectivity index (χ4v) is 1.25. The molecule has 1 fully saturated rings. The molecule has 70 valence electrons. The number of rotatable bonds is 2. The summed E-state index contributed by atoms with van der Waals surface area (Å²) in [5.74, 6) is 0. The van der Waals surface area contributed by atoms with Gasteiger partial charge >= 0.3 is 6.17 Å². The number of nitro groups is 1. The van der Waals surface area contributed by atoms with Crippen molar-refractivity contribution in [2.24, 2.45) is 0 Å². The van der Waals surface area contributed by atoms with Gasteiger partial charge in [-0.3, -0.25) is 10.1 Å². The van der Waals surface area contributed by atoms with Gasteiger partial charge in [-0.15, -0.1) is 0 Å². The van der Waals surface area contributed by atoms with E-state index in [2.05, 4.69) is 6.58 Å². The lowest BCUT2D eigenvalue weighted by atomic mass is 10.3. The van der Waals surface area contributed by atoms with Crippen LogP contribution in [0.2, 0.25) is 0 Å². The van der Waals surface area contributed by atoms with E-state index in [1.54, 1.807) is 11.1 Å². The van der Waals surface area contributed by atoms with Gasteiger partial charge in [0.2, 0.25) is 0 Å². The molecule has 0 spiro atoms. The number of hydrogen-bond donors (Lipinski definition) is 0. The summed E-state index contributed by atoms with van der Waals surface area (Å²) in [7, 11) is 0. The summed E-state index contributed by atoms with van der Waals surface area (Å²) >= 11 is 0. The second-order valence-corrected chi connectivity index (χ2v) is 2.74. The molecule has 0 saturated carbocycles. The van der Waals surface area contributed by atoms with Gasteiger partial charge in [0, 0.05) is 11.5 Å². The van der Waals surface area contributed by atoms with Crippen molar-refractivity contribution in [1.82, 2.24) is 9.80 Å². The van der Waals surface area contributed by atoms with Gasteiger partial charge in [-0.05, 0) is 6.20 Å². The molecule has 0 aromatic carbocycles. The number of piperazine rings is 1. The second kappa shape index (κ2) is 3.76. The average Bonchev–Trinajstić information content (AvgIpc) is 2.16. The summed E-state index contributed by atoms with van der Waals surface area (Å²) in [6.07, 6.45) is 2.44. The van der Waals surface area contributed by atoms with Gasteiger partial charge < -0.3 is 4.90 Å². The second-order valence-electron chi connectivity index (χ2n) is 2.74. The van der Waals surface area contributed by atoms with Crippen molar-refractivity contribution in [3.8, 4) is 6.19 Å². The van der Waals surface area contributed by atoms with E-state index in [1.165, 1.54) is 4.90 Å². The summed E-state index contributed by atoms with van der Waals surface area (Å²) < 4.78 is 0. The minimum atomic E-state index is -0.934. The van der Waals surface area contributed by atoms with E-state index in [4.69, 9.17) is 5.26 Å². The van der Waals surface area contributed by atoms with Gasteiger partial charge in [-0.1, -0.05) is 6.58 Å². The molecule has 1 saturated heterocycles. The van der Waals surface area contributed by atoms with Crippen molar-refractivity contribution in [3.63, 3.8) is 0 Å². The Labute approximate surface area is 75.8 Å². The van der Waals surface area contributed by atoms with Gasteiger partial charge in [-0.2, -0.15) is 5.26 Å². The zero-order valence-corrected chi connectivity index (χ0v) is 7.09. The Balaban J connectivity index is 2.69. The minimum Gasteiger partial charge on any atom is -0.367 e. The zero-order valence-electron chi connectivity index (χ0n) is 7.09. The van der Waals surface area contributed by atoms with Crippen LogP contribution in [0, 0.1) is 21.6 Å². The molecule has 1 rings (SSSR count). The number of nitrogens with zero attached hydrogens (tertiary/aromatic N) is 4. The minimum absolute atomic E-state index is 0.226. The van der Waals surface area contributed by atoms with Crippen molar-refractivity contribution in [1.29, 1.82) is 5.26 Å². The summed E-state index contributed by atoms with van der Waals surface area (Å²) in [5.41, 5.74) is 0. The molecule has 0 aromatic heterocycles. The van der Waals surface area contributed by atoms with Gasteiger partial charge in [0.15, 0.2) is 6.19 Å². The van der Waals surface area contributed by atoms with Crippen LogP contribution in [0.1, 0.15) is 0 Å². The molecule has 1 heterocycles. The Bertz CT molecular complexity index is 260. The lowest BCUT2D eigenvalue weighted by molar-refractivity contribution is -0.549. The first-order valence-corrected chi connectivity index (χ1v) is 3.85. The van der Waals surface area contributed by atoms with Crippen LogP contribution in [0.3, 0.4) is 0 Å². The van der Waals surface area contributed by atoms with E-state index in [0.29, 0.717) is 13.1 Å². The Kier molecular flexibility index (Phi) is 2.69. The highest BCUT2D eigenvalue weighted by Crippen LogP contribution is 2.08. The molecule has 0 radical (unpaired) electrons. The van der Waals surface area contributed by atoms with Crippen molar-refractivity contribution in [2.75, 3.05) is 19.6 Å². The van der Waals surface area contributed by atoms with Crippen LogP contribution in [0.5, 0.6) is 0 Å². The fraction of sp³-hybridized carbons (Fsp3) is 0.571. The molecule has 0 aliphatic carbocycles. The highest BCUT2D eigenvalue weighted by molar-refractivity contribution is 4.87. The summed E-state index contributed by atoms with van der Waals surface area (Å²) in [6.45, 7) is 4.75. The average molecular weight is 182 g/mol. The van der Waals surface area contributed by atoms with Crippen LogP contribution in [-0.4, -0.2) is 40.5 Å². The van der Waals surface area contributed by atoms with Crippen molar-refractivity contribution < 1.29 is 4.92 Å². The molecule has 1 aliphatic rings. The first-order valence-electron chi connectivity index (χ1n) is 3.85. The normalized spacial score (nSPS) is 22.2. The van der Waals surface area contributed by atoms with Crippen LogP contribution in [0.25, 0.3) is 0 Å². The summed E-state index contributed by atoms with van der Waals surface area (Å²) in [5, 5.41) is 19.1. The van der Waals surface area contributed by atoms with Crippen LogP contribution in [0.15, 0.2) is 12.8 Å². The van der Waals surface area contributed by atoms with Crippen LogP contribution >= 0.6 is 0 Å². The maximum absolute atomic E-state index is 10.5. The molecule has 6 nitrogen and oxygen atoms in total. The SMILES string of the molecule is C=CN1CCN(C#N)C([N+](=O)[O-])C1. The first-order chi connectivity index (χ1) is 6.19. The molecule has 0 aromatic rings. The van der Waals surface area contributed by atoms with Crippen molar-refractivity contribution in [2.45, 2.75) is 6.17 Å². The van der Waals surface area contributed by atoms with Crippen LogP contribution in [0.4, 0.5) is 0 Å². The van der Waals surface area contributed by atoms with Gasteiger partial charge in [-0.25, -0.2) is 4.90 Å². The quantitative estimate of drug-likeness (QED) is 0.337. The van der Waals surface area contributed by atoms with E-state index in [-0.39, 0.29) is 6.54 Å². The fourth-order valence-electron chi connectivity index (χ4n) is 1.25. The third-order valence-electron chi connectivity index (χ3n) is 2.02. The van der Waals surface area contributed by atoms with Gasteiger partial charge in [0.05, 0.1) is 6.54 Å². The Morgan fingerprint density at radius 3 is 2.85 bits per heavy atom. The lowest BCUT2D eigenvalue weighted by Crippen LogP contribution is -2.52. The standard InChI is InChI=1S/C7H10N4O2/c1-2-9-3-4-10(6-8)7(5-9)11(12)13/h2,7H,1,3-5H2. The zero-order chi connectivity index (χ0) is 9.84. The molecule has 1 aliphatic heterocycles. The van der Waals surface area contributed by atoms with E-state index in [1.807, 2.05) is 6.19 Å². The van der Waals surface area contributed by atoms with E-state index in [9.17, 15) is 10.1 Å². The molecule has 1 unspecified atom stereocenters. The third-order valence-corrected chi connectivity index (χ3v) is 2.02. The Morgan fingerprint density at radius 2 is 2.38 bits per heavy atom. The van der Waals surface area contributed by atoms with Crippen LogP contribution < -0.4 is 0 Å². The van der Waals surface area contributed by atoms with Gasteiger partial charge in [0.25, 0.3) is 0 Å². The highest BCUT2D eigenvalue weighted by atomic mass is 16.6. The largest absolute Gasteiger partial charge is 0.367 e. The third kappa shape index (κ3) is 1.87.